The third-order valence-corrected chi connectivity index (χ3v) is 5.74. The molecule has 2 aromatic heterocycles. The van der Waals surface area contributed by atoms with Gasteiger partial charge in [0.1, 0.15) is 10.7 Å². The van der Waals surface area contributed by atoms with E-state index in [1.807, 2.05) is 0 Å². The van der Waals surface area contributed by atoms with Gasteiger partial charge >= 0.3 is 0 Å². The van der Waals surface area contributed by atoms with Crippen LogP contribution >= 0.6 is 11.3 Å². The van der Waals surface area contributed by atoms with E-state index in [-0.39, 0.29) is 17.4 Å². The van der Waals surface area contributed by atoms with E-state index in [2.05, 4.69) is 10.3 Å². The van der Waals surface area contributed by atoms with E-state index in [0.717, 1.165) is 11.1 Å². The Hall–Kier alpha value is -3.59. The summed E-state index contributed by atoms with van der Waals surface area (Å²) in [5, 5.41) is 13.7. The van der Waals surface area contributed by atoms with Crippen molar-refractivity contribution in [3.05, 3.63) is 80.7 Å². The van der Waals surface area contributed by atoms with Gasteiger partial charge in [-0.15, -0.1) is 0 Å². The van der Waals surface area contributed by atoms with E-state index in [9.17, 15) is 19.3 Å². The number of nitro groups is 1. The normalized spacial score (nSPS) is 11.0. The number of imidazole rings is 1. The largest absolute Gasteiger partial charge is 0.321 e. The molecule has 146 valence electrons. The molecular formula is C20H15FN4O3S. The minimum absolute atomic E-state index is 0.0902. The quantitative estimate of drug-likeness (QED) is 0.380. The first-order chi connectivity index (χ1) is 13.8. The van der Waals surface area contributed by atoms with Crippen LogP contribution in [0.5, 0.6) is 0 Å². The van der Waals surface area contributed by atoms with Crippen molar-refractivity contribution >= 4 is 33.6 Å². The highest BCUT2D eigenvalue weighted by atomic mass is 32.1. The molecule has 9 heteroatoms. The van der Waals surface area contributed by atoms with E-state index in [0.29, 0.717) is 26.9 Å². The Bertz CT molecular complexity index is 1260. The highest BCUT2D eigenvalue weighted by molar-refractivity contribution is 7.19. The SMILES string of the molecule is Cc1ccc([N+](=O)[O-])cc1NC(=O)c1sc2nc(-c3ccc(F)cc3)cn2c1C. The second-order valence-electron chi connectivity index (χ2n) is 6.51. The van der Waals surface area contributed by atoms with E-state index in [1.54, 1.807) is 42.6 Å². The highest BCUT2D eigenvalue weighted by Crippen LogP contribution is 2.29. The summed E-state index contributed by atoms with van der Waals surface area (Å²) >= 11 is 1.22. The summed E-state index contributed by atoms with van der Waals surface area (Å²) in [7, 11) is 0. The number of anilines is 1. The number of aromatic nitrogens is 2. The van der Waals surface area contributed by atoms with Crippen LogP contribution in [0.15, 0.2) is 48.7 Å². The third-order valence-electron chi connectivity index (χ3n) is 4.58. The number of nitrogens with one attached hydrogen (secondary N) is 1. The van der Waals surface area contributed by atoms with Gasteiger partial charge in [-0.2, -0.15) is 0 Å². The fraction of sp³-hybridized carbons (Fsp3) is 0.100. The molecule has 0 aliphatic heterocycles. The van der Waals surface area contributed by atoms with Crippen LogP contribution in [0.25, 0.3) is 16.2 Å². The van der Waals surface area contributed by atoms with Gasteiger partial charge in [-0.1, -0.05) is 17.4 Å². The molecule has 7 nitrogen and oxygen atoms in total. The van der Waals surface area contributed by atoms with Crippen molar-refractivity contribution in [1.82, 2.24) is 9.38 Å². The van der Waals surface area contributed by atoms with Gasteiger partial charge in [0.25, 0.3) is 11.6 Å². The monoisotopic (exact) mass is 410 g/mol. The Balaban J connectivity index is 1.64. The van der Waals surface area contributed by atoms with E-state index >= 15 is 0 Å². The van der Waals surface area contributed by atoms with Crippen molar-refractivity contribution in [3.8, 4) is 11.3 Å². The van der Waals surface area contributed by atoms with Gasteiger partial charge < -0.3 is 5.32 Å². The highest BCUT2D eigenvalue weighted by Gasteiger charge is 2.19. The van der Waals surface area contributed by atoms with Crippen molar-refractivity contribution in [2.45, 2.75) is 13.8 Å². The van der Waals surface area contributed by atoms with Gasteiger partial charge in [-0.3, -0.25) is 19.3 Å². The van der Waals surface area contributed by atoms with Crippen LogP contribution in [0, 0.1) is 29.8 Å². The van der Waals surface area contributed by atoms with Gasteiger partial charge in [0.05, 0.1) is 16.3 Å². The first-order valence-corrected chi connectivity index (χ1v) is 9.46. The molecule has 0 fully saturated rings. The molecule has 0 atom stereocenters. The number of aryl methyl sites for hydroxylation is 2. The second kappa shape index (κ2) is 7.10. The molecular weight excluding hydrogens is 395 g/mol. The maximum atomic E-state index is 13.1. The van der Waals surface area contributed by atoms with Crippen LogP contribution < -0.4 is 5.32 Å². The molecule has 0 saturated heterocycles. The first kappa shape index (κ1) is 18.8. The van der Waals surface area contributed by atoms with Crippen molar-refractivity contribution in [1.29, 1.82) is 0 Å². The fourth-order valence-corrected chi connectivity index (χ4v) is 3.96. The van der Waals surface area contributed by atoms with Gasteiger partial charge in [0, 0.05) is 29.6 Å². The number of carbonyl (C=O) groups excluding carboxylic acids is 1. The van der Waals surface area contributed by atoms with Crippen LogP contribution in [0.3, 0.4) is 0 Å². The lowest BCUT2D eigenvalue weighted by atomic mass is 10.1. The molecule has 29 heavy (non-hydrogen) atoms. The molecule has 2 aromatic carbocycles. The summed E-state index contributed by atoms with van der Waals surface area (Å²) in [5.74, 6) is -0.675. The van der Waals surface area contributed by atoms with Gasteiger partial charge in [-0.25, -0.2) is 9.37 Å². The summed E-state index contributed by atoms with van der Waals surface area (Å²) < 4.78 is 14.9. The number of hydrogen-bond donors (Lipinski definition) is 1. The molecule has 0 spiro atoms. The molecule has 1 N–H and O–H groups in total. The predicted octanol–water partition coefficient (Wildman–Crippen LogP) is 4.98. The van der Waals surface area contributed by atoms with Gasteiger partial charge in [0.2, 0.25) is 0 Å². The lowest BCUT2D eigenvalue weighted by Gasteiger charge is -2.07. The van der Waals surface area contributed by atoms with Gasteiger partial charge in [-0.05, 0) is 43.7 Å². The van der Waals surface area contributed by atoms with E-state index in [4.69, 9.17) is 0 Å². The van der Waals surface area contributed by atoms with Crippen LogP contribution in [0.2, 0.25) is 0 Å². The smallest absolute Gasteiger partial charge is 0.271 e. The number of fused-ring (bicyclic) bond motifs is 1. The molecule has 4 aromatic rings. The maximum absolute atomic E-state index is 13.1. The number of nitrogens with zero attached hydrogens (tertiary/aromatic N) is 3. The van der Waals surface area contributed by atoms with E-state index in [1.165, 1.54) is 35.6 Å². The van der Waals surface area contributed by atoms with E-state index < -0.39 is 4.92 Å². The molecule has 0 unspecified atom stereocenters. The summed E-state index contributed by atoms with van der Waals surface area (Å²) in [6.07, 6.45) is 1.80. The number of non-ortho nitro benzene ring substituents is 1. The summed E-state index contributed by atoms with van der Waals surface area (Å²) in [6.45, 7) is 3.57. The summed E-state index contributed by atoms with van der Waals surface area (Å²) in [6, 6.07) is 10.4. The Morgan fingerprint density at radius 2 is 1.93 bits per heavy atom. The molecule has 0 aliphatic rings. The zero-order valence-electron chi connectivity index (χ0n) is 15.5. The van der Waals surface area contributed by atoms with Crippen LogP contribution in [-0.2, 0) is 0 Å². The molecule has 1 amide bonds. The molecule has 2 heterocycles. The standard InChI is InChI=1S/C20H15FN4O3S/c1-11-3-8-15(25(27)28)9-16(11)22-19(26)18-12(2)24-10-17(23-20(24)29-18)13-4-6-14(21)7-5-13/h3-10H,1-2H3,(H,22,26). The third kappa shape index (κ3) is 3.47. The number of amides is 1. The number of rotatable bonds is 4. The number of halogens is 1. The predicted molar refractivity (Wildman–Crippen MR) is 109 cm³/mol. The number of benzene rings is 2. The minimum Gasteiger partial charge on any atom is -0.321 e. The molecule has 0 saturated carbocycles. The minimum atomic E-state index is -0.503. The zero-order chi connectivity index (χ0) is 20.7. The lowest BCUT2D eigenvalue weighted by molar-refractivity contribution is -0.384. The van der Waals surface area contributed by atoms with Crippen molar-refractivity contribution in [3.63, 3.8) is 0 Å². The molecule has 0 radical (unpaired) electrons. The Morgan fingerprint density at radius 3 is 2.59 bits per heavy atom. The maximum Gasteiger partial charge on any atom is 0.271 e. The topological polar surface area (TPSA) is 89.5 Å². The number of carbonyl (C=O) groups is 1. The number of thiazole rings is 1. The second-order valence-corrected chi connectivity index (χ2v) is 7.49. The molecule has 0 aliphatic carbocycles. The van der Waals surface area contributed by atoms with Crippen molar-refractivity contribution in [2.75, 3.05) is 5.32 Å². The average molecular weight is 410 g/mol. The Kier molecular flexibility index (Phi) is 4.59. The lowest BCUT2D eigenvalue weighted by Crippen LogP contribution is -2.13. The van der Waals surface area contributed by atoms with Crippen molar-refractivity contribution < 1.29 is 14.1 Å². The number of hydrogen-bond acceptors (Lipinski definition) is 5. The first-order valence-electron chi connectivity index (χ1n) is 8.64. The number of nitro benzene ring substituents is 1. The zero-order valence-corrected chi connectivity index (χ0v) is 16.3. The van der Waals surface area contributed by atoms with Crippen LogP contribution in [0.4, 0.5) is 15.8 Å². The van der Waals surface area contributed by atoms with Gasteiger partial charge in [0.15, 0.2) is 4.96 Å². The molecule has 0 bridgehead atoms. The summed E-state index contributed by atoms with van der Waals surface area (Å²) in [4.78, 5) is 28.9. The van der Waals surface area contributed by atoms with Crippen LogP contribution in [-0.4, -0.2) is 20.2 Å². The molecule has 4 rings (SSSR count). The fourth-order valence-electron chi connectivity index (χ4n) is 2.96. The van der Waals surface area contributed by atoms with Crippen LogP contribution in [0.1, 0.15) is 20.9 Å². The Morgan fingerprint density at radius 1 is 1.21 bits per heavy atom. The average Bonchev–Trinajstić information content (AvgIpc) is 3.23. The summed E-state index contributed by atoms with van der Waals surface area (Å²) in [5.41, 5.74) is 3.18. The Labute approximate surface area is 168 Å². The van der Waals surface area contributed by atoms with Crippen molar-refractivity contribution in [2.24, 2.45) is 0 Å².